The number of carbonyl (C=O) groups is 2. The number of hydrogen-bond acceptors (Lipinski definition) is 5. The van der Waals surface area contributed by atoms with E-state index in [4.69, 9.17) is 14.2 Å². The Hall–Kier alpha value is -3.86. The van der Waals surface area contributed by atoms with Crippen molar-refractivity contribution in [3.05, 3.63) is 95.1 Å². The molecule has 5 heteroatoms. The molecule has 0 unspecified atom stereocenters. The molecule has 0 N–H and O–H groups in total. The average Bonchev–Trinajstić information content (AvgIpc) is 2.81. The highest BCUT2D eigenvalue weighted by Crippen LogP contribution is 2.27. The summed E-state index contributed by atoms with van der Waals surface area (Å²) < 4.78 is 16.4. The SMILES string of the molecule is COc1ccccc1/C=C(/C(=O)OCc1cc(C(C)=O)ccc1OC)c1ccccc1. The summed E-state index contributed by atoms with van der Waals surface area (Å²) in [5.74, 6) is 0.635. The normalized spacial score (nSPS) is 11.0. The summed E-state index contributed by atoms with van der Waals surface area (Å²) in [5, 5.41) is 0. The number of carbonyl (C=O) groups excluding carboxylic acids is 2. The first-order valence-corrected chi connectivity index (χ1v) is 9.78. The van der Waals surface area contributed by atoms with Crippen LogP contribution in [0.25, 0.3) is 11.6 Å². The third-order valence-corrected chi connectivity index (χ3v) is 4.79. The number of Topliss-reactive ketones (excluding diaryl/α,β-unsaturated/α-hetero) is 1. The molecular weight excluding hydrogens is 392 g/mol. The lowest BCUT2D eigenvalue weighted by molar-refractivity contribution is -0.137. The molecule has 0 bridgehead atoms. The molecule has 0 spiro atoms. The molecule has 3 aromatic carbocycles. The molecule has 0 saturated carbocycles. The van der Waals surface area contributed by atoms with Gasteiger partial charge in [0, 0.05) is 16.7 Å². The second kappa shape index (κ2) is 10.3. The molecular formula is C26H24O5. The Bertz CT molecular complexity index is 1100. The minimum atomic E-state index is -0.493. The Labute approximate surface area is 181 Å². The van der Waals surface area contributed by atoms with E-state index < -0.39 is 5.97 Å². The molecule has 3 rings (SSSR count). The van der Waals surface area contributed by atoms with Gasteiger partial charge in [-0.05, 0) is 42.8 Å². The van der Waals surface area contributed by atoms with Gasteiger partial charge in [-0.1, -0.05) is 48.5 Å². The lowest BCUT2D eigenvalue weighted by Crippen LogP contribution is -2.09. The van der Waals surface area contributed by atoms with E-state index in [1.165, 1.54) is 14.0 Å². The van der Waals surface area contributed by atoms with Gasteiger partial charge in [0.05, 0.1) is 19.8 Å². The van der Waals surface area contributed by atoms with Gasteiger partial charge in [-0.15, -0.1) is 0 Å². The van der Waals surface area contributed by atoms with Crippen LogP contribution in [-0.4, -0.2) is 26.0 Å². The monoisotopic (exact) mass is 416 g/mol. The van der Waals surface area contributed by atoms with E-state index in [1.807, 2.05) is 54.6 Å². The van der Waals surface area contributed by atoms with Crippen molar-refractivity contribution in [1.29, 1.82) is 0 Å². The second-order valence-electron chi connectivity index (χ2n) is 6.82. The lowest BCUT2D eigenvalue weighted by Gasteiger charge is -2.13. The fraction of sp³-hybridized carbons (Fsp3) is 0.154. The molecule has 0 aliphatic heterocycles. The van der Waals surface area contributed by atoms with E-state index in [-0.39, 0.29) is 12.4 Å². The summed E-state index contributed by atoms with van der Waals surface area (Å²) in [6, 6.07) is 21.8. The fourth-order valence-corrected chi connectivity index (χ4v) is 3.15. The molecule has 0 amide bonds. The summed E-state index contributed by atoms with van der Waals surface area (Å²) in [4.78, 5) is 24.8. The molecule has 0 aliphatic rings. The van der Waals surface area contributed by atoms with Crippen LogP contribution >= 0.6 is 0 Å². The van der Waals surface area contributed by atoms with Crippen LogP contribution in [0.5, 0.6) is 11.5 Å². The minimum Gasteiger partial charge on any atom is -0.496 e. The first kappa shape index (κ1) is 21.8. The van der Waals surface area contributed by atoms with Crippen LogP contribution in [0.4, 0.5) is 0 Å². The van der Waals surface area contributed by atoms with Gasteiger partial charge in [0.25, 0.3) is 0 Å². The second-order valence-corrected chi connectivity index (χ2v) is 6.82. The van der Waals surface area contributed by atoms with Crippen LogP contribution in [0.1, 0.15) is 34.0 Å². The zero-order valence-electron chi connectivity index (χ0n) is 17.8. The van der Waals surface area contributed by atoms with Gasteiger partial charge in [-0.2, -0.15) is 0 Å². The van der Waals surface area contributed by atoms with E-state index >= 15 is 0 Å². The number of benzene rings is 3. The molecule has 0 aromatic heterocycles. The maximum atomic E-state index is 13.1. The number of methoxy groups -OCH3 is 2. The van der Waals surface area contributed by atoms with Crippen LogP contribution in [0, 0.1) is 0 Å². The van der Waals surface area contributed by atoms with E-state index in [0.29, 0.717) is 28.2 Å². The van der Waals surface area contributed by atoms with Crippen molar-refractivity contribution in [3.8, 4) is 11.5 Å². The van der Waals surface area contributed by atoms with Gasteiger partial charge in [0.15, 0.2) is 5.78 Å². The summed E-state index contributed by atoms with van der Waals surface area (Å²) >= 11 is 0. The molecule has 31 heavy (non-hydrogen) atoms. The van der Waals surface area contributed by atoms with Crippen LogP contribution < -0.4 is 9.47 Å². The Balaban J connectivity index is 1.93. The predicted octanol–water partition coefficient (Wildman–Crippen LogP) is 5.19. The topological polar surface area (TPSA) is 61.8 Å². The third kappa shape index (κ3) is 5.39. The maximum Gasteiger partial charge on any atom is 0.339 e. The van der Waals surface area contributed by atoms with Crippen LogP contribution in [0.3, 0.4) is 0 Å². The summed E-state index contributed by atoms with van der Waals surface area (Å²) in [5.41, 5.74) is 3.03. The van der Waals surface area contributed by atoms with Gasteiger partial charge in [-0.25, -0.2) is 4.79 Å². The molecule has 0 radical (unpaired) electrons. The van der Waals surface area contributed by atoms with Gasteiger partial charge in [0.2, 0.25) is 0 Å². The van der Waals surface area contributed by atoms with Crippen molar-refractivity contribution in [2.24, 2.45) is 0 Å². The highest BCUT2D eigenvalue weighted by Gasteiger charge is 2.17. The maximum absolute atomic E-state index is 13.1. The predicted molar refractivity (Wildman–Crippen MR) is 120 cm³/mol. The molecule has 5 nitrogen and oxygen atoms in total. The Morgan fingerprint density at radius 1 is 0.806 bits per heavy atom. The van der Waals surface area contributed by atoms with Gasteiger partial charge < -0.3 is 14.2 Å². The zero-order valence-corrected chi connectivity index (χ0v) is 17.8. The Kier molecular flexibility index (Phi) is 7.22. The summed E-state index contributed by atoms with van der Waals surface area (Å²) in [6.45, 7) is 1.46. The molecule has 0 aliphatic carbocycles. The number of para-hydroxylation sites is 1. The number of ketones is 1. The van der Waals surface area contributed by atoms with Crippen LogP contribution in [0.15, 0.2) is 72.8 Å². The average molecular weight is 416 g/mol. The van der Waals surface area contributed by atoms with Crippen molar-refractivity contribution in [1.82, 2.24) is 0 Å². The van der Waals surface area contributed by atoms with Gasteiger partial charge in [0.1, 0.15) is 18.1 Å². The van der Waals surface area contributed by atoms with Crippen LogP contribution in [-0.2, 0) is 16.1 Å². The Morgan fingerprint density at radius 3 is 2.16 bits per heavy atom. The number of ether oxygens (including phenoxy) is 3. The first-order valence-electron chi connectivity index (χ1n) is 9.78. The Morgan fingerprint density at radius 2 is 1.48 bits per heavy atom. The number of esters is 1. The quantitative estimate of drug-likeness (QED) is 0.219. The summed E-state index contributed by atoms with van der Waals surface area (Å²) in [6.07, 6.45) is 1.75. The van der Waals surface area contributed by atoms with Crippen molar-refractivity contribution < 1.29 is 23.8 Å². The van der Waals surface area contributed by atoms with Crippen molar-refractivity contribution in [2.75, 3.05) is 14.2 Å². The number of hydrogen-bond donors (Lipinski definition) is 0. The van der Waals surface area contributed by atoms with Crippen LogP contribution in [0.2, 0.25) is 0 Å². The minimum absolute atomic E-state index is 0.0285. The smallest absolute Gasteiger partial charge is 0.339 e. The highest BCUT2D eigenvalue weighted by atomic mass is 16.5. The van der Waals surface area contributed by atoms with Gasteiger partial charge >= 0.3 is 5.97 Å². The van der Waals surface area contributed by atoms with Crippen molar-refractivity contribution in [2.45, 2.75) is 13.5 Å². The molecule has 0 heterocycles. The molecule has 158 valence electrons. The number of rotatable bonds is 8. The first-order chi connectivity index (χ1) is 15.0. The van der Waals surface area contributed by atoms with E-state index in [9.17, 15) is 9.59 Å². The lowest BCUT2D eigenvalue weighted by atomic mass is 10.0. The largest absolute Gasteiger partial charge is 0.496 e. The molecule has 0 atom stereocenters. The molecule has 0 saturated heterocycles. The fourth-order valence-electron chi connectivity index (χ4n) is 3.15. The summed E-state index contributed by atoms with van der Waals surface area (Å²) in [7, 11) is 3.12. The van der Waals surface area contributed by atoms with Gasteiger partial charge in [-0.3, -0.25) is 4.79 Å². The molecule has 3 aromatic rings. The zero-order chi connectivity index (χ0) is 22.2. The van der Waals surface area contributed by atoms with Crippen molar-refractivity contribution in [3.63, 3.8) is 0 Å². The van der Waals surface area contributed by atoms with E-state index in [1.54, 1.807) is 31.4 Å². The van der Waals surface area contributed by atoms with E-state index in [0.717, 1.165) is 11.1 Å². The highest BCUT2D eigenvalue weighted by molar-refractivity contribution is 6.21. The molecule has 0 fully saturated rings. The van der Waals surface area contributed by atoms with Crippen molar-refractivity contribution >= 4 is 23.4 Å². The van der Waals surface area contributed by atoms with E-state index in [2.05, 4.69) is 0 Å². The standard InChI is InChI=1S/C26H24O5/c1-18(27)20-13-14-25(30-3)22(15-20)17-31-26(28)23(19-9-5-4-6-10-19)16-21-11-7-8-12-24(21)29-2/h4-16H,17H2,1-3H3/b23-16+. The third-order valence-electron chi connectivity index (χ3n) is 4.79.